The lowest BCUT2D eigenvalue weighted by molar-refractivity contribution is -0.157. The number of aliphatic hydroxyl groups is 1. The van der Waals surface area contributed by atoms with Crippen molar-refractivity contribution in [1.29, 1.82) is 0 Å². The van der Waals surface area contributed by atoms with Gasteiger partial charge in [-0.3, -0.25) is 4.79 Å². The summed E-state index contributed by atoms with van der Waals surface area (Å²) >= 11 is 0. The molecule has 3 aliphatic rings. The molecular weight excluding hydrogens is 425 g/mol. The number of fused-ring (bicyclic) bond motifs is 5. The van der Waals surface area contributed by atoms with Gasteiger partial charge in [0.05, 0.1) is 29.0 Å². The minimum Gasteiger partial charge on any atom is -0.458 e. The average molecular weight is 449 g/mol. The van der Waals surface area contributed by atoms with E-state index < -0.39 is 12.1 Å². The number of cyclic esters (lactones) is 1. The fourth-order valence-corrected chi connectivity index (χ4v) is 5.80. The summed E-state index contributed by atoms with van der Waals surface area (Å²) in [6, 6.07) is 3.17. The van der Waals surface area contributed by atoms with Crippen molar-refractivity contribution in [3.05, 3.63) is 61.7 Å². The number of hydrogen-bond acceptors (Lipinski definition) is 6. The quantitative estimate of drug-likeness (QED) is 0.467. The normalized spacial score (nSPS) is 20.4. The topological polar surface area (TPSA) is 93.5 Å². The standard InChI is InChI=1S/C25H24FN3O4/c1-11-13-4-3-12(5-6-27-2)20-15-9-29-19(22(15)28-18(21(13)20)8-17(11)26)7-14-16(24(29)31)10-33-25(32)23(14)30/h7-8,12,23,27,30H,3-6,9-10H2,1-2H3/t12-,23-/m0/s1. The highest BCUT2D eigenvalue weighted by Crippen LogP contribution is 2.46. The fraction of sp³-hybridized carbons (Fsp3) is 0.400. The number of aromatic nitrogens is 2. The van der Waals surface area contributed by atoms with E-state index in [-0.39, 0.29) is 29.5 Å². The Kier molecular flexibility index (Phi) is 4.47. The molecule has 2 atom stereocenters. The van der Waals surface area contributed by atoms with Crippen LogP contribution in [-0.2, 0) is 29.1 Å². The van der Waals surface area contributed by atoms with E-state index in [0.717, 1.165) is 47.9 Å². The summed E-state index contributed by atoms with van der Waals surface area (Å²) in [6.07, 6.45) is 1.15. The van der Waals surface area contributed by atoms with Crippen LogP contribution in [0.5, 0.6) is 0 Å². The van der Waals surface area contributed by atoms with Gasteiger partial charge < -0.3 is 19.7 Å². The van der Waals surface area contributed by atoms with E-state index in [4.69, 9.17) is 9.72 Å². The Labute approximate surface area is 189 Å². The zero-order chi connectivity index (χ0) is 23.0. The van der Waals surface area contributed by atoms with Gasteiger partial charge >= 0.3 is 5.97 Å². The molecule has 6 rings (SSSR count). The largest absolute Gasteiger partial charge is 0.458 e. The molecule has 0 radical (unpaired) electrons. The Bertz CT molecular complexity index is 1430. The smallest absolute Gasteiger partial charge is 0.340 e. The summed E-state index contributed by atoms with van der Waals surface area (Å²) in [4.78, 5) is 30.1. The van der Waals surface area contributed by atoms with Crippen LogP contribution in [0.4, 0.5) is 4.39 Å². The number of carbonyl (C=O) groups excluding carboxylic acids is 1. The molecule has 7 nitrogen and oxygen atoms in total. The number of aryl methyl sites for hydroxylation is 1. The van der Waals surface area contributed by atoms with Crippen molar-refractivity contribution in [2.24, 2.45) is 0 Å². The summed E-state index contributed by atoms with van der Waals surface area (Å²) in [6.45, 7) is 2.89. The van der Waals surface area contributed by atoms with E-state index in [0.29, 0.717) is 34.6 Å². The van der Waals surface area contributed by atoms with Gasteiger partial charge in [-0.2, -0.15) is 0 Å². The van der Waals surface area contributed by atoms with Gasteiger partial charge in [0.2, 0.25) is 0 Å². The van der Waals surface area contributed by atoms with Crippen LogP contribution in [0.25, 0.3) is 22.3 Å². The van der Waals surface area contributed by atoms with E-state index >= 15 is 0 Å². The maximum Gasteiger partial charge on any atom is 0.340 e. The molecule has 4 heterocycles. The van der Waals surface area contributed by atoms with Gasteiger partial charge in [0.15, 0.2) is 6.10 Å². The Morgan fingerprint density at radius 2 is 2.09 bits per heavy atom. The minimum absolute atomic E-state index is 0.151. The summed E-state index contributed by atoms with van der Waals surface area (Å²) in [5, 5.41) is 14.6. The van der Waals surface area contributed by atoms with Gasteiger partial charge in [-0.15, -0.1) is 0 Å². The fourth-order valence-electron chi connectivity index (χ4n) is 5.80. The van der Waals surface area contributed by atoms with Gasteiger partial charge in [0.25, 0.3) is 5.56 Å². The first-order valence-electron chi connectivity index (χ1n) is 11.3. The van der Waals surface area contributed by atoms with Crippen molar-refractivity contribution in [2.75, 3.05) is 13.6 Å². The first-order valence-corrected chi connectivity index (χ1v) is 11.3. The van der Waals surface area contributed by atoms with Crippen LogP contribution >= 0.6 is 0 Å². The maximum atomic E-state index is 14.8. The molecule has 0 saturated heterocycles. The van der Waals surface area contributed by atoms with Crippen LogP contribution in [0, 0.1) is 12.7 Å². The third-order valence-corrected chi connectivity index (χ3v) is 7.51. The molecular formula is C25H24FN3O4. The molecule has 1 aliphatic carbocycles. The van der Waals surface area contributed by atoms with E-state index in [1.807, 2.05) is 14.0 Å². The van der Waals surface area contributed by atoms with Crippen molar-refractivity contribution in [3.63, 3.8) is 0 Å². The Hall–Kier alpha value is -3.10. The molecule has 0 saturated carbocycles. The lowest BCUT2D eigenvalue weighted by Crippen LogP contribution is -2.32. The number of nitrogens with one attached hydrogen (secondary N) is 1. The second-order valence-corrected chi connectivity index (χ2v) is 9.20. The summed E-state index contributed by atoms with van der Waals surface area (Å²) in [5.41, 5.74) is 5.88. The lowest BCUT2D eigenvalue weighted by atomic mass is 9.77. The third-order valence-electron chi connectivity index (χ3n) is 7.51. The molecule has 2 aromatic heterocycles. The maximum absolute atomic E-state index is 14.8. The van der Waals surface area contributed by atoms with Crippen molar-refractivity contribution >= 4 is 16.9 Å². The number of ether oxygens (including phenoxy) is 1. The molecule has 0 fully saturated rings. The van der Waals surface area contributed by atoms with Crippen LogP contribution in [0.2, 0.25) is 0 Å². The molecule has 0 bridgehead atoms. The lowest BCUT2D eigenvalue weighted by Gasteiger charge is -2.29. The van der Waals surface area contributed by atoms with Crippen molar-refractivity contribution in [1.82, 2.24) is 14.9 Å². The molecule has 1 aromatic carbocycles. The van der Waals surface area contributed by atoms with Crippen molar-refractivity contribution in [3.8, 4) is 11.4 Å². The van der Waals surface area contributed by atoms with Crippen LogP contribution in [-0.4, -0.2) is 34.2 Å². The first kappa shape index (κ1) is 20.5. The molecule has 170 valence electrons. The number of aliphatic hydroxyl groups excluding tert-OH is 1. The Morgan fingerprint density at radius 3 is 2.88 bits per heavy atom. The minimum atomic E-state index is -1.50. The summed E-state index contributed by atoms with van der Waals surface area (Å²) in [5.74, 6) is -0.770. The third kappa shape index (κ3) is 2.77. The van der Waals surface area contributed by atoms with Gasteiger partial charge in [0, 0.05) is 22.6 Å². The van der Waals surface area contributed by atoms with Gasteiger partial charge in [-0.25, -0.2) is 14.2 Å². The monoisotopic (exact) mass is 449 g/mol. The molecule has 0 unspecified atom stereocenters. The van der Waals surface area contributed by atoms with Gasteiger partial charge in [-0.1, -0.05) is 0 Å². The Balaban J connectivity index is 1.65. The predicted molar refractivity (Wildman–Crippen MR) is 120 cm³/mol. The van der Waals surface area contributed by atoms with Crippen LogP contribution in [0.3, 0.4) is 0 Å². The number of carbonyl (C=O) groups is 1. The van der Waals surface area contributed by atoms with E-state index in [9.17, 15) is 19.1 Å². The number of benzene rings is 1. The molecule has 2 aliphatic heterocycles. The number of halogens is 1. The highest BCUT2D eigenvalue weighted by Gasteiger charge is 2.37. The summed E-state index contributed by atoms with van der Waals surface area (Å²) in [7, 11) is 1.93. The molecule has 0 spiro atoms. The van der Waals surface area contributed by atoms with Gasteiger partial charge in [0.1, 0.15) is 12.4 Å². The van der Waals surface area contributed by atoms with Crippen LogP contribution in [0.1, 0.15) is 58.2 Å². The molecule has 8 heteroatoms. The highest BCUT2D eigenvalue weighted by molar-refractivity contribution is 5.93. The van der Waals surface area contributed by atoms with E-state index in [2.05, 4.69) is 5.32 Å². The average Bonchev–Trinajstić information content (AvgIpc) is 3.17. The molecule has 33 heavy (non-hydrogen) atoms. The van der Waals surface area contributed by atoms with E-state index in [1.165, 1.54) is 6.07 Å². The SMILES string of the molecule is CNCC[C@@H]1CCc2c(C)c(F)cc3nc4c(c1c23)Cn1c-4cc2c(c1=O)COC(=O)[C@H]2O. The number of hydrogen-bond donors (Lipinski definition) is 2. The van der Waals surface area contributed by atoms with Gasteiger partial charge in [-0.05, 0) is 68.5 Å². The highest BCUT2D eigenvalue weighted by atomic mass is 19.1. The zero-order valence-electron chi connectivity index (χ0n) is 18.5. The zero-order valence-corrected chi connectivity index (χ0v) is 18.5. The predicted octanol–water partition coefficient (Wildman–Crippen LogP) is 2.60. The second kappa shape index (κ2) is 7.20. The number of esters is 1. The van der Waals surface area contributed by atoms with Crippen LogP contribution < -0.4 is 10.9 Å². The van der Waals surface area contributed by atoms with Crippen LogP contribution in [0.15, 0.2) is 16.9 Å². The molecule has 2 N–H and O–H groups in total. The number of pyridine rings is 2. The van der Waals surface area contributed by atoms with Crippen molar-refractivity contribution < 1.29 is 19.0 Å². The van der Waals surface area contributed by atoms with E-state index in [1.54, 1.807) is 10.6 Å². The Morgan fingerprint density at radius 1 is 1.27 bits per heavy atom. The first-order chi connectivity index (χ1) is 15.9. The summed E-state index contributed by atoms with van der Waals surface area (Å²) < 4.78 is 21.4. The molecule has 0 amide bonds. The second-order valence-electron chi connectivity index (χ2n) is 9.20. The number of rotatable bonds is 3. The molecule has 3 aromatic rings. The number of nitrogens with zero attached hydrogens (tertiary/aromatic N) is 2. The van der Waals surface area contributed by atoms with Crippen molar-refractivity contribution in [2.45, 2.75) is 51.4 Å².